The number of anilines is 1. The number of hydrogen-bond acceptors (Lipinski definition) is 3. The smallest absolute Gasteiger partial charge is 0.0366 e. The Balaban J connectivity index is 1.90. The lowest BCUT2D eigenvalue weighted by molar-refractivity contribution is 0.285. The van der Waals surface area contributed by atoms with Gasteiger partial charge in [-0.3, -0.25) is 0 Å². The molecule has 3 nitrogen and oxygen atoms in total. The molecule has 1 unspecified atom stereocenters. The average molecular weight is 275 g/mol. The largest absolute Gasteiger partial charge is 0.372 e. The van der Waals surface area contributed by atoms with Crippen molar-refractivity contribution in [3.63, 3.8) is 0 Å². The predicted octanol–water partition coefficient (Wildman–Crippen LogP) is 2.75. The molecule has 1 aliphatic rings. The van der Waals surface area contributed by atoms with E-state index in [2.05, 4.69) is 60.4 Å². The Hall–Kier alpha value is -1.06. The van der Waals surface area contributed by atoms with E-state index in [-0.39, 0.29) is 0 Å². The minimum Gasteiger partial charge on any atom is -0.372 e. The molecular formula is C17H29N3. The maximum atomic E-state index is 3.29. The molecule has 2 rings (SSSR count). The monoisotopic (exact) mass is 275 g/mol. The van der Waals surface area contributed by atoms with Gasteiger partial charge in [-0.1, -0.05) is 12.1 Å². The van der Waals surface area contributed by atoms with E-state index >= 15 is 0 Å². The standard InChI is InChI=1S/C17H29N3/c1-14(18-2)16-5-7-17(8-6-16)20-11-9-15(10-12-20)13-19(3)4/h5-8,14-15,18H,9-13H2,1-4H3. The van der Waals surface area contributed by atoms with Crippen molar-refractivity contribution in [2.45, 2.75) is 25.8 Å². The van der Waals surface area contributed by atoms with Gasteiger partial charge in [0.1, 0.15) is 0 Å². The molecule has 0 amide bonds. The fourth-order valence-corrected chi connectivity index (χ4v) is 3.03. The van der Waals surface area contributed by atoms with E-state index in [4.69, 9.17) is 0 Å². The van der Waals surface area contributed by atoms with Crippen molar-refractivity contribution < 1.29 is 0 Å². The molecule has 1 saturated heterocycles. The molecule has 1 aromatic carbocycles. The van der Waals surface area contributed by atoms with E-state index in [9.17, 15) is 0 Å². The van der Waals surface area contributed by atoms with Crippen LogP contribution in [0.2, 0.25) is 0 Å². The van der Waals surface area contributed by atoms with Crippen molar-refractivity contribution in [3.8, 4) is 0 Å². The van der Waals surface area contributed by atoms with E-state index < -0.39 is 0 Å². The van der Waals surface area contributed by atoms with Gasteiger partial charge in [-0.05, 0) is 64.5 Å². The summed E-state index contributed by atoms with van der Waals surface area (Å²) >= 11 is 0. The van der Waals surface area contributed by atoms with Crippen molar-refractivity contribution in [2.24, 2.45) is 5.92 Å². The second-order valence-corrected chi connectivity index (χ2v) is 6.29. The highest BCUT2D eigenvalue weighted by Crippen LogP contribution is 2.25. The van der Waals surface area contributed by atoms with Crippen LogP contribution >= 0.6 is 0 Å². The molecule has 0 aliphatic carbocycles. The normalized spacial score (nSPS) is 18.6. The summed E-state index contributed by atoms with van der Waals surface area (Å²) in [6, 6.07) is 9.48. The van der Waals surface area contributed by atoms with E-state index in [0.717, 1.165) is 5.92 Å². The molecule has 3 heteroatoms. The van der Waals surface area contributed by atoms with Crippen molar-refractivity contribution in [2.75, 3.05) is 45.7 Å². The summed E-state index contributed by atoms with van der Waals surface area (Å²) in [5.41, 5.74) is 2.74. The molecule has 1 aliphatic heterocycles. The number of rotatable bonds is 5. The highest BCUT2D eigenvalue weighted by Gasteiger charge is 2.19. The van der Waals surface area contributed by atoms with Crippen LogP contribution in [0.1, 0.15) is 31.4 Å². The minimum atomic E-state index is 0.426. The highest BCUT2D eigenvalue weighted by molar-refractivity contribution is 5.48. The lowest BCUT2D eigenvalue weighted by atomic mass is 9.96. The van der Waals surface area contributed by atoms with E-state index in [0.29, 0.717) is 6.04 Å². The number of nitrogens with one attached hydrogen (secondary N) is 1. The Morgan fingerprint density at radius 3 is 2.30 bits per heavy atom. The summed E-state index contributed by atoms with van der Waals surface area (Å²) in [5.74, 6) is 0.866. The van der Waals surface area contributed by atoms with Gasteiger partial charge in [0.15, 0.2) is 0 Å². The Morgan fingerprint density at radius 1 is 1.20 bits per heavy atom. The third-order valence-electron chi connectivity index (χ3n) is 4.43. The fourth-order valence-electron chi connectivity index (χ4n) is 3.03. The second kappa shape index (κ2) is 7.09. The van der Waals surface area contributed by atoms with Crippen molar-refractivity contribution in [3.05, 3.63) is 29.8 Å². The zero-order valence-corrected chi connectivity index (χ0v) is 13.4. The van der Waals surface area contributed by atoms with Crippen LogP contribution < -0.4 is 10.2 Å². The molecule has 1 atom stereocenters. The molecule has 0 radical (unpaired) electrons. The Morgan fingerprint density at radius 2 is 1.80 bits per heavy atom. The van der Waals surface area contributed by atoms with Gasteiger partial charge in [0, 0.05) is 31.4 Å². The zero-order valence-electron chi connectivity index (χ0n) is 13.4. The molecule has 1 N–H and O–H groups in total. The van der Waals surface area contributed by atoms with Crippen LogP contribution in [0.5, 0.6) is 0 Å². The lowest BCUT2D eigenvalue weighted by Crippen LogP contribution is -2.37. The van der Waals surface area contributed by atoms with Crippen molar-refractivity contribution >= 4 is 5.69 Å². The van der Waals surface area contributed by atoms with Gasteiger partial charge in [-0.2, -0.15) is 0 Å². The predicted molar refractivity (Wildman–Crippen MR) is 87.4 cm³/mol. The topological polar surface area (TPSA) is 18.5 Å². The molecule has 0 aromatic heterocycles. The molecular weight excluding hydrogens is 246 g/mol. The van der Waals surface area contributed by atoms with Crippen LogP contribution in [0.15, 0.2) is 24.3 Å². The van der Waals surface area contributed by atoms with Gasteiger partial charge in [0.2, 0.25) is 0 Å². The van der Waals surface area contributed by atoms with Crippen LogP contribution in [0, 0.1) is 5.92 Å². The lowest BCUT2D eigenvalue weighted by Gasteiger charge is -2.34. The van der Waals surface area contributed by atoms with Gasteiger partial charge >= 0.3 is 0 Å². The van der Waals surface area contributed by atoms with E-state index in [1.54, 1.807) is 0 Å². The van der Waals surface area contributed by atoms with Gasteiger partial charge in [-0.15, -0.1) is 0 Å². The molecule has 1 aromatic rings. The molecule has 1 fully saturated rings. The third kappa shape index (κ3) is 3.97. The van der Waals surface area contributed by atoms with Crippen LogP contribution in [-0.2, 0) is 0 Å². The summed E-state index contributed by atoms with van der Waals surface area (Å²) in [7, 11) is 6.36. The Kier molecular flexibility index (Phi) is 5.44. The van der Waals surface area contributed by atoms with E-state index in [1.807, 2.05) is 7.05 Å². The summed E-state index contributed by atoms with van der Waals surface area (Å²) in [6.45, 7) is 5.81. The van der Waals surface area contributed by atoms with Crippen LogP contribution in [0.3, 0.4) is 0 Å². The minimum absolute atomic E-state index is 0.426. The maximum Gasteiger partial charge on any atom is 0.0366 e. The van der Waals surface area contributed by atoms with Gasteiger partial charge < -0.3 is 15.1 Å². The highest BCUT2D eigenvalue weighted by atomic mass is 15.1. The molecule has 0 spiro atoms. The number of benzene rings is 1. The molecule has 112 valence electrons. The summed E-state index contributed by atoms with van der Waals surface area (Å²) in [4.78, 5) is 4.84. The summed E-state index contributed by atoms with van der Waals surface area (Å²) in [5, 5.41) is 3.29. The maximum absolute atomic E-state index is 3.29. The average Bonchev–Trinajstić information content (AvgIpc) is 2.47. The summed E-state index contributed by atoms with van der Waals surface area (Å²) < 4.78 is 0. The van der Waals surface area contributed by atoms with E-state index in [1.165, 1.54) is 43.7 Å². The number of nitrogens with zero attached hydrogens (tertiary/aromatic N) is 2. The first kappa shape index (κ1) is 15.3. The Labute approximate surface area is 124 Å². The number of piperidine rings is 1. The SMILES string of the molecule is CNC(C)c1ccc(N2CCC(CN(C)C)CC2)cc1. The first-order valence-corrected chi connectivity index (χ1v) is 7.77. The van der Waals surface area contributed by atoms with Crippen molar-refractivity contribution in [1.82, 2.24) is 10.2 Å². The van der Waals surface area contributed by atoms with Gasteiger partial charge in [0.25, 0.3) is 0 Å². The first-order chi connectivity index (χ1) is 9.60. The second-order valence-electron chi connectivity index (χ2n) is 6.29. The molecule has 20 heavy (non-hydrogen) atoms. The fraction of sp³-hybridized carbons (Fsp3) is 0.647. The molecule has 1 heterocycles. The Bertz CT molecular complexity index is 391. The molecule has 0 bridgehead atoms. The summed E-state index contributed by atoms with van der Waals surface area (Å²) in [6.07, 6.45) is 2.62. The number of hydrogen-bond donors (Lipinski definition) is 1. The molecule has 0 saturated carbocycles. The van der Waals surface area contributed by atoms with Crippen LogP contribution in [-0.4, -0.2) is 45.7 Å². The van der Waals surface area contributed by atoms with Crippen LogP contribution in [0.4, 0.5) is 5.69 Å². The van der Waals surface area contributed by atoms with Gasteiger partial charge in [0.05, 0.1) is 0 Å². The van der Waals surface area contributed by atoms with Crippen LogP contribution in [0.25, 0.3) is 0 Å². The zero-order chi connectivity index (χ0) is 14.5. The van der Waals surface area contributed by atoms with Crippen molar-refractivity contribution in [1.29, 1.82) is 0 Å². The third-order valence-corrected chi connectivity index (χ3v) is 4.43. The first-order valence-electron chi connectivity index (χ1n) is 7.77. The van der Waals surface area contributed by atoms with Gasteiger partial charge in [-0.25, -0.2) is 0 Å². The quantitative estimate of drug-likeness (QED) is 0.891.